The molecule has 3 aromatic rings. The molecule has 1 amide bonds. The van der Waals surface area contributed by atoms with Crippen LogP contribution >= 0.6 is 23.8 Å². The van der Waals surface area contributed by atoms with Crippen LogP contribution in [-0.2, 0) is 14.8 Å². The number of hydrogen-bond donors (Lipinski definition) is 3. The van der Waals surface area contributed by atoms with E-state index in [-0.39, 0.29) is 10.0 Å². The molecular weight excluding hydrogens is 494 g/mol. The van der Waals surface area contributed by atoms with Crippen LogP contribution in [0.5, 0.6) is 5.75 Å². The van der Waals surface area contributed by atoms with Crippen LogP contribution in [0.3, 0.4) is 0 Å². The zero-order valence-corrected chi connectivity index (χ0v) is 20.5. The number of rotatable bonds is 8. The third-order valence-electron chi connectivity index (χ3n) is 4.37. The molecule has 34 heavy (non-hydrogen) atoms. The van der Waals surface area contributed by atoms with Crippen LogP contribution in [0.4, 0.5) is 11.4 Å². The van der Waals surface area contributed by atoms with Gasteiger partial charge in [-0.1, -0.05) is 23.7 Å². The van der Waals surface area contributed by atoms with E-state index in [4.69, 9.17) is 28.6 Å². The molecule has 0 aromatic heterocycles. The van der Waals surface area contributed by atoms with Gasteiger partial charge in [-0.05, 0) is 91.4 Å². The number of benzene rings is 3. The maximum absolute atomic E-state index is 12.6. The summed E-state index contributed by atoms with van der Waals surface area (Å²) in [6.45, 7) is 2.40. The Labute approximate surface area is 208 Å². The lowest BCUT2D eigenvalue weighted by molar-refractivity contribution is -0.115. The van der Waals surface area contributed by atoms with Crippen LogP contribution in [0, 0.1) is 0 Å². The number of anilines is 2. The Hall–Kier alpha value is -3.40. The van der Waals surface area contributed by atoms with Crippen molar-refractivity contribution in [3.05, 3.63) is 89.5 Å². The van der Waals surface area contributed by atoms with E-state index in [0.717, 1.165) is 5.56 Å². The standard InChI is InChI=1S/C24H22ClN3O4S2/c1-2-32-21-12-8-20(9-13-21)28-34(30,31)22-14-10-19(11-15-22)26-24(33)27-23(29)16-5-17-3-6-18(25)7-4-17/h3-16,28H,2H2,1H3,(H2,26,27,29,33)/b16-5+. The summed E-state index contributed by atoms with van der Waals surface area (Å²) in [5.74, 6) is 0.246. The second kappa shape index (κ2) is 11.6. The molecule has 0 fully saturated rings. The number of halogens is 1. The molecular formula is C24H22ClN3O4S2. The number of sulfonamides is 1. The average Bonchev–Trinajstić information content (AvgIpc) is 2.80. The van der Waals surface area contributed by atoms with E-state index in [1.165, 1.54) is 18.2 Å². The van der Waals surface area contributed by atoms with Gasteiger partial charge in [0.25, 0.3) is 10.0 Å². The molecule has 10 heteroatoms. The number of ether oxygens (including phenoxy) is 1. The Morgan fingerprint density at radius 2 is 1.59 bits per heavy atom. The summed E-state index contributed by atoms with van der Waals surface area (Å²) in [5, 5.41) is 6.06. The van der Waals surface area contributed by atoms with Gasteiger partial charge in [-0.25, -0.2) is 8.42 Å². The summed E-state index contributed by atoms with van der Waals surface area (Å²) in [7, 11) is -3.78. The highest BCUT2D eigenvalue weighted by Crippen LogP contribution is 2.21. The molecule has 0 aliphatic heterocycles. The topological polar surface area (TPSA) is 96.5 Å². The molecule has 3 rings (SSSR count). The lowest BCUT2D eigenvalue weighted by Crippen LogP contribution is -2.32. The molecule has 0 aliphatic rings. The van der Waals surface area contributed by atoms with Crippen molar-refractivity contribution in [3.63, 3.8) is 0 Å². The summed E-state index contributed by atoms with van der Waals surface area (Å²) in [6, 6.07) is 19.6. The van der Waals surface area contributed by atoms with Crippen LogP contribution in [-0.4, -0.2) is 26.0 Å². The van der Waals surface area contributed by atoms with E-state index in [9.17, 15) is 13.2 Å². The molecule has 0 bridgehead atoms. The Kier molecular flexibility index (Phi) is 8.64. The average molecular weight is 516 g/mol. The Balaban J connectivity index is 1.55. The minimum absolute atomic E-state index is 0.0767. The Morgan fingerprint density at radius 1 is 0.971 bits per heavy atom. The predicted octanol–water partition coefficient (Wildman–Crippen LogP) is 5.07. The number of hydrogen-bond acceptors (Lipinski definition) is 5. The lowest BCUT2D eigenvalue weighted by Gasteiger charge is -2.11. The van der Waals surface area contributed by atoms with Gasteiger partial charge in [-0.2, -0.15) is 0 Å². The van der Waals surface area contributed by atoms with Gasteiger partial charge in [0.2, 0.25) is 5.91 Å². The first-order valence-corrected chi connectivity index (χ1v) is 12.4. The summed E-state index contributed by atoms with van der Waals surface area (Å²) in [5.41, 5.74) is 1.75. The van der Waals surface area contributed by atoms with Crippen LogP contribution in [0.2, 0.25) is 5.02 Å². The zero-order chi connectivity index (χ0) is 24.6. The molecule has 0 spiro atoms. The molecule has 0 saturated carbocycles. The van der Waals surface area contributed by atoms with Gasteiger partial charge in [0.15, 0.2) is 5.11 Å². The normalized spacial score (nSPS) is 11.1. The Morgan fingerprint density at radius 3 is 2.21 bits per heavy atom. The molecule has 176 valence electrons. The highest BCUT2D eigenvalue weighted by atomic mass is 35.5. The quantitative estimate of drug-likeness (QED) is 0.286. The van der Waals surface area contributed by atoms with Crippen LogP contribution in [0.1, 0.15) is 12.5 Å². The van der Waals surface area contributed by atoms with Crippen molar-refractivity contribution >= 4 is 62.3 Å². The van der Waals surface area contributed by atoms with Crippen LogP contribution in [0.25, 0.3) is 6.08 Å². The van der Waals surface area contributed by atoms with Gasteiger partial charge in [0.05, 0.1) is 11.5 Å². The van der Waals surface area contributed by atoms with Gasteiger partial charge in [0, 0.05) is 22.5 Å². The fourth-order valence-corrected chi connectivity index (χ4v) is 4.18. The minimum Gasteiger partial charge on any atom is -0.494 e. The maximum Gasteiger partial charge on any atom is 0.261 e. The highest BCUT2D eigenvalue weighted by molar-refractivity contribution is 7.92. The smallest absolute Gasteiger partial charge is 0.261 e. The van der Waals surface area contributed by atoms with Gasteiger partial charge in [0.1, 0.15) is 5.75 Å². The second-order valence-corrected chi connectivity index (χ2v) is 9.44. The third-order valence-corrected chi connectivity index (χ3v) is 6.23. The molecule has 0 atom stereocenters. The van der Waals surface area contributed by atoms with Crippen molar-refractivity contribution < 1.29 is 17.9 Å². The number of nitrogens with one attached hydrogen (secondary N) is 3. The van der Waals surface area contributed by atoms with E-state index < -0.39 is 15.9 Å². The molecule has 0 aliphatic carbocycles. The summed E-state index contributed by atoms with van der Waals surface area (Å²) < 4.78 is 33.1. The predicted molar refractivity (Wildman–Crippen MR) is 140 cm³/mol. The molecule has 7 nitrogen and oxygen atoms in total. The van der Waals surface area contributed by atoms with E-state index in [1.807, 2.05) is 6.92 Å². The highest BCUT2D eigenvalue weighted by Gasteiger charge is 2.14. The first-order valence-electron chi connectivity index (χ1n) is 10.2. The molecule has 0 unspecified atom stereocenters. The van der Waals surface area contributed by atoms with Gasteiger partial charge < -0.3 is 10.1 Å². The van der Waals surface area contributed by atoms with Crippen molar-refractivity contribution in [2.24, 2.45) is 0 Å². The van der Waals surface area contributed by atoms with Gasteiger partial charge in [-0.3, -0.25) is 14.8 Å². The van der Waals surface area contributed by atoms with E-state index in [1.54, 1.807) is 66.7 Å². The molecule has 0 saturated heterocycles. The number of amides is 1. The van der Waals surface area contributed by atoms with E-state index in [0.29, 0.717) is 28.8 Å². The maximum atomic E-state index is 12.6. The van der Waals surface area contributed by atoms with Gasteiger partial charge in [-0.15, -0.1) is 0 Å². The van der Waals surface area contributed by atoms with Crippen LogP contribution < -0.4 is 20.1 Å². The lowest BCUT2D eigenvalue weighted by atomic mass is 10.2. The second-order valence-electron chi connectivity index (χ2n) is 6.92. The van der Waals surface area contributed by atoms with Crippen molar-refractivity contribution in [1.29, 1.82) is 0 Å². The van der Waals surface area contributed by atoms with Crippen molar-refractivity contribution in [3.8, 4) is 5.75 Å². The van der Waals surface area contributed by atoms with Crippen LogP contribution in [0.15, 0.2) is 83.8 Å². The summed E-state index contributed by atoms with van der Waals surface area (Å²) in [4.78, 5) is 12.1. The first-order chi connectivity index (χ1) is 16.2. The molecule has 3 aromatic carbocycles. The van der Waals surface area contributed by atoms with Crippen molar-refractivity contribution in [1.82, 2.24) is 5.32 Å². The number of carbonyl (C=O) groups is 1. The summed E-state index contributed by atoms with van der Waals surface area (Å²) >= 11 is 11.0. The number of carbonyl (C=O) groups excluding carboxylic acids is 1. The first kappa shape index (κ1) is 25.2. The van der Waals surface area contributed by atoms with Crippen molar-refractivity contribution in [2.75, 3.05) is 16.6 Å². The van der Waals surface area contributed by atoms with E-state index >= 15 is 0 Å². The third kappa shape index (κ3) is 7.58. The Bertz CT molecular complexity index is 1280. The summed E-state index contributed by atoms with van der Waals surface area (Å²) in [6.07, 6.45) is 2.98. The number of thiocarbonyl (C=S) groups is 1. The molecule has 0 radical (unpaired) electrons. The van der Waals surface area contributed by atoms with E-state index in [2.05, 4.69) is 15.4 Å². The van der Waals surface area contributed by atoms with Crippen molar-refractivity contribution in [2.45, 2.75) is 11.8 Å². The monoisotopic (exact) mass is 515 g/mol. The zero-order valence-electron chi connectivity index (χ0n) is 18.1. The molecule has 3 N–H and O–H groups in total. The van der Waals surface area contributed by atoms with Gasteiger partial charge >= 0.3 is 0 Å². The molecule has 0 heterocycles. The fraction of sp³-hybridized carbons (Fsp3) is 0.0833. The largest absolute Gasteiger partial charge is 0.494 e. The fourth-order valence-electron chi connectivity index (χ4n) is 2.78. The SMILES string of the molecule is CCOc1ccc(NS(=O)(=O)c2ccc(NC(=S)NC(=O)/C=C/c3ccc(Cl)cc3)cc2)cc1. The minimum atomic E-state index is -3.78.